The number of hydrogen-bond donors (Lipinski definition) is 1. The lowest BCUT2D eigenvalue weighted by atomic mass is 9.82. The summed E-state index contributed by atoms with van der Waals surface area (Å²) in [6, 6.07) is 6.68. The average molecular weight is 262 g/mol. The first-order valence-electron chi connectivity index (χ1n) is 7.12. The fourth-order valence-corrected chi connectivity index (χ4v) is 3.03. The Morgan fingerprint density at radius 1 is 1.26 bits per heavy atom. The van der Waals surface area contributed by atoms with Gasteiger partial charge in [0.15, 0.2) is 0 Å². The van der Waals surface area contributed by atoms with Crippen molar-refractivity contribution in [1.29, 1.82) is 0 Å². The number of hydrogen-bond acceptors (Lipinski definition) is 3. The van der Waals surface area contributed by atoms with Crippen molar-refractivity contribution >= 4 is 5.69 Å². The maximum Gasteiger partial charge on any atom is 0.0551 e. The lowest BCUT2D eigenvalue weighted by Crippen LogP contribution is -2.46. The third-order valence-electron chi connectivity index (χ3n) is 4.06. The van der Waals surface area contributed by atoms with E-state index < -0.39 is 0 Å². The van der Waals surface area contributed by atoms with Gasteiger partial charge in [-0.25, -0.2) is 0 Å². The molecule has 0 radical (unpaired) electrons. The summed E-state index contributed by atoms with van der Waals surface area (Å²) < 4.78 is 5.65. The zero-order valence-corrected chi connectivity index (χ0v) is 12.4. The van der Waals surface area contributed by atoms with Crippen molar-refractivity contribution in [3.8, 4) is 0 Å². The third kappa shape index (κ3) is 3.48. The molecule has 1 aliphatic heterocycles. The third-order valence-corrected chi connectivity index (χ3v) is 4.06. The Bertz CT molecular complexity index is 405. The van der Waals surface area contributed by atoms with Gasteiger partial charge in [0.05, 0.1) is 6.61 Å². The van der Waals surface area contributed by atoms with E-state index in [1.165, 1.54) is 23.2 Å². The molecule has 1 aliphatic rings. The summed E-state index contributed by atoms with van der Waals surface area (Å²) in [7, 11) is 2.15. The predicted molar refractivity (Wildman–Crippen MR) is 80.7 cm³/mol. The maximum absolute atomic E-state index is 6.02. The lowest BCUT2D eigenvalue weighted by molar-refractivity contribution is 0.00170. The van der Waals surface area contributed by atoms with Crippen molar-refractivity contribution < 1.29 is 4.74 Å². The highest BCUT2D eigenvalue weighted by molar-refractivity contribution is 5.50. The fourth-order valence-electron chi connectivity index (χ4n) is 3.03. The van der Waals surface area contributed by atoms with Crippen LogP contribution in [0.15, 0.2) is 18.2 Å². The van der Waals surface area contributed by atoms with Crippen molar-refractivity contribution in [2.75, 3.05) is 38.3 Å². The van der Waals surface area contributed by atoms with E-state index in [1.54, 1.807) is 0 Å². The minimum Gasteiger partial charge on any atom is -0.381 e. The van der Waals surface area contributed by atoms with Crippen LogP contribution in [-0.4, -0.2) is 33.4 Å². The molecule has 0 spiro atoms. The number of ether oxygens (including phenoxy) is 1. The van der Waals surface area contributed by atoms with E-state index in [2.05, 4.69) is 44.0 Å². The monoisotopic (exact) mass is 262 g/mol. The fraction of sp³-hybridized carbons (Fsp3) is 0.625. The van der Waals surface area contributed by atoms with Gasteiger partial charge in [-0.15, -0.1) is 0 Å². The molecule has 1 fully saturated rings. The van der Waals surface area contributed by atoms with Gasteiger partial charge in [0.1, 0.15) is 0 Å². The van der Waals surface area contributed by atoms with Crippen molar-refractivity contribution in [3.63, 3.8) is 0 Å². The van der Waals surface area contributed by atoms with Gasteiger partial charge in [0.25, 0.3) is 0 Å². The quantitative estimate of drug-likeness (QED) is 0.906. The van der Waals surface area contributed by atoms with Crippen LogP contribution in [0.4, 0.5) is 5.69 Å². The van der Waals surface area contributed by atoms with E-state index in [4.69, 9.17) is 10.5 Å². The summed E-state index contributed by atoms with van der Waals surface area (Å²) in [4.78, 5) is 2.32. The molecule has 3 heteroatoms. The first-order chi connectivity index (χ1) is 9.04. The first-order valence-corrected chi connectivity index (χ1v) is 7.12. The van der Waals surface area contributed by atoms with E-state index in [-0.39, 0.29) is 5.41 Å². The summed E-state index contributed by atoms with van der Waals surface area (Å²) in [5.74, 6) is 0. The molecule has 2 N–H and O–H groups in total. The maximum atomic E-state index is 6.02. The van der Waals surface area contributed by atoms with Gasteiger partial charge in [-0.2, -0.15) is 0 Å². The summed E-state index contributed by atoms with van der Waals surface area (Å²) in [5, 5.41) is 0. The molecule has 1 aromatic carbocycles. The van der Waals surface area contributed by atoms with E-state index in [1.807, 2.05) is 0 Å². The summed E-state index contributed by atoms with van der Waals surface area (Å²) >= 11 is 0. The molecule has 106 valence electrons. The van der Waals surface area contributed by atoms with Gasteiger partial charge >= 0.3 is 0 Å². The highest BCUT2D eigenvalue weighted by atomic mass is 16.5. The molecule has 3 nitrogen and oxygen atoms in total. The Labute approximate surface area is 116 Å². The minimum absolute atomic E-state index is 0.116. The summed E-state index contributed by atoms with van der Waals surface area (Å²) in [6.45, 7) is 7.63. The molecular formula is C16H26N2O. The second-order valence-corrected chi connectivity index (χ2v) is 6.06. The van der Waals surface area contributed by atoms with E-state index in [0.717, 1.165) is 26.2 Å². The van der Waals surface area contributed by atoms with Crippen LogP contribution in [0.2, 0.25) is 0 Å². The molecule has 0 saturated carbocycles. The molecule has 1 unspecified atom stereocenters. The van der Waals surface area contributed by atoms with Crippen LogP contribution in [0.3, 0.4) is 0 Å². The first kappa shape index (κ1) is 14.4. The van der Waals surface area contributed by atoms with Gasteiger partial charge in [-0.05, 0) is 49.9 Å². The average Bonchev–Trinajstić information content (AvgIpc) is 2.38. The van der Waals surface area contributed by atoms with Gasteiger partial charge in [-0.1, -0.05) is 6.07 Å². The van der Waals surface area contributed by atoms with Crippen molar-refractivity contribution in [2.45, 2.75) is 26.7 Å². The number of nitrogens with zero attached hydrogens (tertiary/aromatic N) is 1. The molecular weight excluding hydrogens is 236 g/mol. The topological polar surface area (TPSA) is 38.5 Å². The summed E-state index contributed by atoms with van der Waals surface area (Å²) in [6.07, 6.45) is 2.29. The van der Waals surface area contributed by atoms with Gasteiger partial charge in [0.2, 0.25) is 0 Å². The number of benzene rings is 1. The second-order valence-electron chi connectivity index (χ2n) is 6.06. The number of aryl methyl sites for hydroxylation is 2. The van der Waals surface area contributed by atoms with Gasteiger partial charge in [-0.3, -0.25) is 0 Å². The molecule has 1 aromatic rings. The number of anilines is 1. The van der Waals surface area contributed by atoms with Crippen LogP contribution in [-0.2, 0) is 4.74 Å². The number of rotatable bonds is 4. The van der Waals surface area contributed by atoms with E-state index >= 15 is 0 Å². The smallest absolute Gasteiger partial charge is 0.0551 e. The normalized spacial score (nSPS) is 23.4. The van der Waals surface area contributed by atoms with Crippen LogP contribution in [0, 0.1) is 19.3 Å². The van der Waals surface area contributed by atoms with E-state index in [9.17, 15) is 0 Å². The van der Waals surface area contributed by atoms with Crippen LogP contribution >= 0.6 is 0 Å². The second kappa shape index (κ2) is 5.93. The predicted octanol–water partition coefficient (Wildman–Crippen LogP) is 2.50. The van der Waals surface area contributed by atoms with Crippen molar-refractivity contribution in [3.05, 3.63) is 29.3 Å². The molecule has 1 saturated heterocycles. The Hall–Kier alpha value is -1.06. The van der Waals surface area contributed by atoms with E-state index in [0.29, 0.717) is 6.54 Å². The molecule has 0 bridgehead atoms. The Balaban J connectivity index is 2.12. The zero-order chi connectivity index (χ0) is 13.9. The molecule has 19 heavy (non-hydrogen) atoms. The molecule has 1 atom stereocenters. The van der Waals surface area contributed by atoms with Crippen LogP contribution < -0.4 is 10.6 Å². The zero-order valence-electron chi connectivity index (χ0n) is 12.4. The standard InChI is InChI=1S/C16H26N2O/c1-13-7-14(2)9-15(8-13)18(3)11-16(10-17)5-4-6-19-12-16/h7-9H,4-6,10-12,17H2,1-3H3. The Morgan fingerprint density at radius 2 is 1.95 bits per heavy atom. The Kier molecular flexibility index (Phi) is 4.48. The van der Waals surface area contributed by atoms with Crippen LogP contribution in [0.25, 0.3) is 0 Å². The highest BCUT2D eigenvalue weighted by Crippen LogP contribution is 2.30. The molecule has 0 amide bonds. The SMILES string of the molecule is Cc1cc(C)cc(N(C)CC2(CN)CCCOC2)c1. The highest BCUT2D eigenvalue weighted by Gasteiger charge is 2.32. The van der Waals surface area contributed by atoms with Crippen LogP contribution in [0.1, 0.15) is 24.0 Å². The number of nitrogens with two attached hydrogens (primary N) is 1. The van der Waals surface area contributed by atoms with Crippen molar-refractivity contribution in [1.82, 2.24) is 0 Å². The Morgan fingerprint density at radius 3 is 2.47 bits per heavy atom. The molecule has 0 aromatic heterocycles. The van der Waals surface area contributed by atoms with Gasteiger partial charge in [0, 0.05) is 37.8 Å². The minimum atomic E-state index is 0.116. The molecule has 1 heterocycles. The summed E-state index contributed by atoms with van der Waals surface area (Å²) in [5.41, 5.74) is 10.0. The van der Waals surface area contributed by atoms with Crippen molar-refractivity contribution in [2.24, 2.45) is 11.1 Å². The lowest BCUT2D eigenvalue weighted by Gasteiger charge is -2.39. The molecule has 0 aliphatic carbocycles. The van der Waals surface area contributed by atoms with Crippen LogP contribution in [0.5, 0.6) is 0 Å². The molecule has 2 rings (SSSR count). The largest absolute Gasteiger partial charge is 0.381 e. The van der Waals surface area contributed by atoms with Gasteiger partial charge < -0.3 is 15.4 Å².